The minimum atomic E-state index is -0.0254. The van der Waals surface area contributed by atoms with Gasteiger partial charge < -0.3 is 25.0 Å². The lowest BCUT2D eigenvalue weighted by Gasteiger charge is -2.16. The van der Waals surface area contributed by atoms with Gasteiger partial charge in [0.2, 0.25) is 5.91 Å². The van der Waals surface area contributed by atoms with Gasteiger partial charge in [0, 0.05) is 46.7 Å². The number of methoxy groups -OCH3 is 1. The minimum absolute atomic E-state index is 0.0254. The van der Waals surface area contributed by atoms with E-state index in [1.807, 2.05) is 75.6 Å². The van der Waals surface area contributed by atoms with Crippen LogP contribution in [0.25, 0.3) is 33.2 Å². The number of nitrogens with zero attached hydrogens (tertiary/aromatic N) is 4. The normalized spacial score (nSPS) is 11.2. The number of nitrogens with one attached hydrogen (secondary N) is 3. The molecule has 0 radical (unpaired) electrons. The first kappa shape index (κ1) is 26.9. The van der Waals surface area contributed by atoms with Crippen LogP contribution in [0.15, 0.2) is 60.8 Å². The van der Waals surface area contributed by atoms with Crippen LogP contribution >= 0.6 is 0 Å². The summed E-state index contributed by atoms with van der Waals surface area (Å²) in [6, 6.07) is 17.3. The number of carbonyl (C=O) groups is 1. The van der Waals surface area contributed by atoms with Gasteiger partial charge in [-0.1, -0.05) is 19.1 Å². The van der Waals surface area contributed by atoms with Crippen molar-refractivity contribution in [3.63, 3.8) is 0 Å². The van der Waals surface area contributed by atoms with Gasteiger partial charge in [0.1, 0.15) is 12.4 Å². The first-order valence-electron chi connectivity index (χ1n) is 13.2. The molecule has 0 bridgehead atoms. The Bertz CT molecular complexity index is 1650. The topological polar surface area (TPSA) is 117 Å². The maximum atomic E-state index is 12.2. The number of aromatic amines is 1. The molecule has 0 aliphatic heterocycles. The molecule has 3 aromatic carbocycles. The van der Waals surface area contributed by atoms with Gasteiger partial charge >= 0.3 is 0 Å². The Morgan fingerprint density at radius 3 is 2.70 bits per heavy atom. The van der Waals surface area contributed by atoms with Crippen LogP contribution in [0.4, 0.5) is 17.2 Å². The van der Waals surface area contributed by atoms with Crippen molar-refractivity contribution >= 4 is 44.9 Å². The predicted octanol–water partition coefficient (Wildman–Crippen LogP) is 5.60. The molecule has 10 nitrogen and oxygen atoms in total. The molecule has 2 heterocycles. The average molecular weight is 540 g/mol. The number of likely N-dealkylation sites (N-methyl/N-ethyl adjacent to an activating group) is 1. The number of hydrogen-bond acceptors (Lipinski definition) is 8. The number of ether oxygens (including phenoxy) is 2. The molecule has 0 saturated carbocycles. The van der Waals surface area contributed by atoms with Gasteiger partial charge in [-0.25, -0.2) is 9.97 Å². The molecule has 0 fully saturated rings. The Kier molecular flexibility index (Phi) is 8.07. The highest BCUT2D eigenvalue weighted by Gasteiger charge is 2.16. The fourth-order valence-electron chi connectivity index (χ4n) is 4.32. The molecule has 0 aliphatic rings. The molecule has 1 amide bonds. The number of benzene rings is 3. The van der Waals surface area contributed by atoms with E-state index in [2.05, 4.69) is 25.7 Å². The SMILES string of the molecule is CCCC(=O)Nc1cccc(-c2nc(Nc3ccc4[nH]ncc4c3)c3cc(OCCN(C)C)c(OC)cc3n2)c1. The van der Waals surface area contributed by atoms with Crippen LogP contribution in [0.5, 0.6) is 11.5 Å². The van der Waals surface area contributed by atoms with Gasteiger partial charge in [-0.3, -0.25) is 9.89 Å². The van der Waals surface area contributed by atoms with E-state index in [1.54, 1.807) is 13.3 Å². The molecule has 0 atom stereocenters. The van der Waals surface area contributed by atoms with Crippen molar-refractivity contribution in [2.75, 3.05) is 45.0 Å². The van der Waals surface area contributed by atoms with E-state index >= 15 is 0 Å². The number of hydrogen-bond donors (Lipinski definition) is 3. The van der Waals surface area contributed by atoms with Crippen LogP contribution in [0.2, 0.25) is 0 Å². The number of fused-ring (bicyclic) bond motifs is 2. The lowest BCUT2D eigenvalue weighted by atomic mass is 10.1. The van der Waals surface area contributed by atoms with Crippen molar-refractivity contribution in [1.82, 2.24) is 25.1 Å². The Hall–Kier alpha value is -4.70. The standard InChI is InChI=1S/C30H33N7O3/c1-5-7-28(38)32-21-9-6-8-19(14-21)29-34-25-17-26(39-4)27(40-13-12-37(2)3)16-23(25)30(35-29)33-22-10-11-24-20(15-22)18-31-36-24/h6,8-11,14-18H,5,7,12-13H2,1-4H3,(H,31,36)(H,32,38)(H,33,34,35). The Labute approximate surface area is 232 Å². The molecule has 10 heteroatoms. The van der Waals surface area contributed by atoms with Crippen molar-refractivity contribution in [3.8, 4) is 22.9 Å². The average Bonchev–Trinajstić information content (AvgIpc) is 3.41. The fourth-order valence-corrected chi connectivity index (χ4v) is 4.32. The maximum Gasteiger partial charge on any atom is 0.224 e. The molecular weight excluding hydrogens is 506 g/mol. The molecule has 0 spiro atoms. The van der Waals surface area contributed by atoms with E-state index in [-0.39, 0.29) is 5.91 Å². The van der Waals surface area contributed by atoms with Crippen molar-refractivity contribution in [3.05, 3.63) is 60.8 Å². The minimum Gasteiger partial charge on any atom is -0.493 e. The maximum absolute atomic E-state index is 12.2. The Balaban J connectivity index is 1.59. The molecule has 5 aromatic rings. The summed E-state index contributed by atoms with van der Waals surface area (Å²) in [6.07, 6.45) is 3.02. The highest BCUT2D eigenvalue weighted by atomic mass is 16.5. The fraction of sp³-hybridized carbons (Fsp3) is 0.267. The number of rotatable bonds is 11. The zero-order valence-electron chi connectivity index (χ0n) is 23.1. The van der Waals surface area contributed by atoms with Gasteiger partial charge in [0.25, 0.3) is 0 Å². The Morgan fingerprint density at radius 2 is 1.90 bits per heavy atom. The van der Waals surface area contributed by atoms with Crippen molar-refractivity contribution in [1.29, 1.82) is 0 Å². The second kappa shape index (κ2) is 12.0. The first-order chi connectivity index (χ1) is 19.4. The van der Waals surface area contributed by atoms with Crippen LogP contribution in [0, 0.1) is 0 Å². The van der Waals surface area contributed by atoms with Gasteiger partial charge in [-0.05, 0) is 56.9 Å². The summed E-state index contributed by atoms with van der Waals surface area (Å²) >= 11 is 0. The molecule has 40 heavy (non-hydrogen) atoms. The summed E-state index contributed by atoms with van der Waals surface area (Å²) in [7, 11) is 5.61. The number of H-pyrrole nitrogens is 1. The molecule has 0 saturated heterocycles. The van der Waals surface area contributed by atoms with Crippen LogP contribution in [0.3, 0.4) is 0 Å². The van der Waals surface area contributed by atoms with Gasteiger partial charge in [0.05, 0.1) is 24.3 Å². The third-order valence-electron chi connectivity index (χ3n) is 6.36. The summed E-state index contributed by atoms with van der Waals surface area (Å²) < 4.78 is 11.7. The van der Waals surface area contributed by atoms with E-state index in [0.29, 0.717) is 47.4 Å². The Morgan fingerprint density at radius 1 is 1.02 bits per heavy atom. The molecule has 2 aromatic heterocycles. The van der Waals surface area contributed by atoms with E-state index < -0.39 is 0 Å². The zero-order valence-corrected chi connectivity index (χ0v) is 23.1. The lowest BCUT2D eigenvalue weighted by molar-refractivity contribution is -0.116. The smallest absolute Gasteiger partial charge is 0.224 e. The lowest BCUT2D eigenvalue weighted by Crippen LogP contribution is -2.19. The van der Waals surface area contributed by atoms with Crippen molar-refractivity contribution in [2.24, 2.45) is 0 Å². The first-order valence-corrected chi connectivity index (χ1v) is 13.2. The second-order valence-electron chi connectivity index (χ2n) is 9.74. The van der Waals surface area contributed by atoms with E-state index in [9.17, 15) is 4.79 Å². The van der Waals surface area contributed by atoms with Crippen LogP contribution < -0.4 is 20.1 Å². The number of carbonyl (C=O) groups excluding carboxylic acids is 1. The van der Waals surface area contributed by atoms with Crippen molar-refractivity contribution < 1.29 is 14.3 Å². The van der Waals surface area contributed by atoms with E-state index in [0.717, 1.165) is 40.5 Å². The highest BCUT2D eigenvalue weighted by molar-refractivity contribution is 5.96. The zero-order chi connectivity index (χ0) is 28.1. The van der Waals surface area contributed by atoms with Crippen LogP contribution in [0.1, 0.15) is 19.8 Å². The summed E-state index contributed by atoms with van der Waals surface area (Å²) in [4.78, 5) is 24.1. The second-order valence-corrected chi connectivity index (χ2v) is 9.74. The van der Waals surface area contributed by atoms with Crippen LogP contribution in [-0.4, -0.2) is 65.3 Å². The van der Waals surface area contributed by atoms with E-state index in [4.69, 9.17) is 19.4 Å². The third-order valence-corrected chi connectivity index (χ3v) is 6.36. The summed E-state index contributed by atoms with van der Waals surface area (Å²) in [5.41, 5.74) is 3.96. The highest BCUT2D eigenvalue weighted by Crippen LogP contribution is 2.37. The van der Waals surface area contributed by atoms with Gasteiger partial charge in [-0.15, -0.1) is 0 Å². The summed E-state index contributed by atoms with van der Waals surface area (Å²) in [5.74, 6) is 2.30. The summed E-state index contributed by atoms with van der Waals surface area (Å²) in [6.45, 7) is 3.24. The van der Waals surface area contributed by atoms with Gasteiger partial charge in [-0.2, -0.15) is 5.10 Å². The number of amides is 1. The third kappa shape index (κ3) is 6.13. The van der Waals surface area contributed by atoms with Crippen LogP contribution in [-0.2, 0) is 4.79 Å². The molecule has 206 valence electrons. The molecule has 3 N–H and O–H groups in total. The molecular formula is C30H33N7O3. The largest absolute Gasteiger partial charge is 0.493 e. The van der Waals surface area contributed by atoms with Gasteiger partial charge in [0.15, 0.2) is 17.3 Å². The van der Waals surface area contributed by atoms with E-state index in [1.165, 1.54) is 0 Å². The number of anilines is 3. The predicted molar refractivity (Wildman–Crippen MR) is 158 cm³/mol. The quantitative estimate of drug-likeness (QED) is 0.198. The molecule has 0 aliphatic carbocycles. The molecule has 0 unspecified atom stereocenters. The van der Waals surface area contributed by atoms with Crippen molar-refractivity contribution in [2.45, 2.75) is 19.8 Å². The molecule has 5 rings (SSSR count). The number of aromatic nitrogens is 4. The monoisotopic (exact) mass is 539 g/mol. The summed E-state index contributed by atoms with van der Waals surface area (Å²) in [5, 5.41) is 15.3.